The molecule has 0 heterocycles. The lowest BCUT2D eigenvalue weighted by Gasteiger charge is -2.20. The zero-order valence-electron chi connectivity index (χ0n) is 8.13. The summed E-state index contributed by atoms with van der Waals surface area (Å²) in [6, 6.07) is -5.88. The first-order valence-corrected chi connectivity index (χ1v) is 4.16. The Morgan fingerprint density at radius 1 is 1.06 bits per heavy atom. The number of aliphatic imine (C=N–C) groups is 1. The lowest BCUT2D eigenvalue weighted by Crippen LogP contribution is -2.27. The van der Waals surface area contributed by atoms with Gasteiger partial charge in [0.15, 0.2) is 0 Å². The quantitative estimate of drug-likeness (QED) is 0.335. The van der Waals surface area contributed by atoms with E-state index in [4.69, 9.17) is 20.4 Å². The first kappa shape index (κ1) is 13.4. The number of alkyl halides is 2. The molecule has 1 aromatic rings. The minimum absolute atomic E-state index is 0.270. The molecule has 17 heavy (non-hydrogen) atoms. The van der Waals surface area contributed by atoms with Crippen molar-refractivity contribution in [3.63, 3.8) is 0 Å². The fourth-order valence-corrected chi connectivity index (χ4v) is 1.20. The van der Waals surface area contributed by atoms with Gasteiger partial charge < -0.3 is 20.4 Å². The Labute approximate surface area is 93.1 Å². The molecule has 0 atom stereocenters. The van der Waals surface area contributed by atoms with Crippen LogP contribution in [0.15, 0.2) is 23.2 Å². The van der Waals surface area contributed by atoms with Gasteiger partial charge in [0.05, 0.1) is 16.8 Å². The second kappa shape index (κ2) is 4.28. The second-order valence-electron chi connectivity index (χ2n) is 3.11. The molecule has 0 unspecified atom stereocenters. The third-order valence-corrected chi connectivity index (χ3v) is 1.86. The van der Waals surface area contributed by atoms with Crippen LogP contribution < -0.4 is 0 Å². The summed E-state index contributed by atoms with van der Waals surface area (Å²) in [6.45, 7) is 0. The first-order valence-electron chi connectivity index (χ1n) is 4.16. The van der Waals surface area contributed by atoms with Crippen LogP contribution in [0.5, 0.6) is 0 Å². The number of hydrogen-bond donors (Lipinski definition) is 4. The van der Waals surface area contributed by atoms with Gasteiger partial charge >= 0.3 is 12.1 Å². The van der Waals surface area contributed by atoms with Gasteiger partial charge in [-0.25, -0.2) is 4.79 Å². The SMILES string of the molecule is O=C=Nc1ccc(C(O)(O)F)c(C(O)(O)F)c1. The summed E-state index contributed by atoms with van der Waals surface area (Å²) in [5.41, 5.74) is -2.59. The normalized spacial score (nSPS) is 12.1. The smallest absolute Gasteiger partial charge is 0.336 e. The summed E-state index contributed by atoms with van der Waals surface area (Å²) in [4.78, 5) is 13.0. The third kappa shape index (κ3) is 3.13. The number of isocyanates is 1. The summed E-state index contributed by atoms with van der Waals surface area (Å²) in [5, 5.41) is 34.7. The Morgan fingerprint density at radius 3 is 2.00 bits per heavy atom. The highest BCUT2D eigenvalue weighted by Crippen LogP contribution is 2.33. The van der Waals surface area contributed by atoms with Crippen LogP contribution >= 0.6 is 0 Å². The van der Waals surface area contributed by atoms with Crippen LogP contribution in [0, 0.1) is 0 Å². The molecule has 0 aliphatic carbocycles. The van der Waals surface area contributed by atoms with Gasteiger partial charge in [0.1, 0.15) is 0 Å². The Kier molecular flexibility index (Phi) is 3.37. The van der Waals surface area contributed by atoms with Crippen molar-refractivity contribution < 1.29 is 34.0 Å². The van der Waals surface area contributed by atoms with Crippen molar-refractivity contribution >= 4 is 11.8 Å². The summed E-state index contributed by atoms with van der Waals surface area (Å²) in [5.74, 6) is 0. The monoisotopic (exact) mass is 247 g/mol. The van der Waals surface area contributed by atoms with Crippen molar-refractivity contribution in [1.29, 1.82) is 0 Å². The van der Waals surface area contributed by atoms with Crippen molar-refractivity contribution in [2.45, 2.75) is 12.1 Å². The van der Waals surface area contributed by atoms with Gasteiger partial charge in [-0.1, -0.05) is 0 Å². The van der Waals surface area contributed by atoms with E-state index in [2.05, 4.69) is 4.99 Å². The summed E-state index contributed by atoms with van der Waals surface area (Å²) >= 11 is 0. The molecule has 0 spiro atoms. The average Bonchev–Trinajstić information content (AvgIpc) is 2.15. The first-order chi connectivity index (χ1) is 7.66. The fraction of sp³-hybridized carbons (Fsp3) is 0.222. The van der Waals surface area contributed by atoms with Crippen LogP contribution in [-0.2, 0) is 16.9 Å². The van der Waals surface area contributed by atoms with Gasteiger partial charge in [-0.15, -0.1) is 0 Å². The summed E-state index contributed by atoms with van der Waals surface area (Å²) in [7, 11) is 0. The number of aliphatic hydroxyl groups is 4. The van der Waals surface area contributed by atoms with E-state index in [1.54, 1.807) is 0 Å². The second-order valence-corrected chi connectivity index (χ2v) is 3.11. The van der Waals surface area contributed by atoms with Crippen molar-refractivity contribution in [2.75, 3.05) is 0 Å². The zero-order valence-corrected chi connectivity index (χ0v) is 8.13. The van der Waals surface area contributed by atoms with Gasteiger partial charge in [0, 0.05) is 0 Å². The molecule has 0 radical (unpaired) electrons. The molecule has 0 saturated heterocycles. The standard InChI is InChI=1S/C9H7F2NO5/c10-8(14,15)6-2-1-5(12-4-13)3-7(6)9(11,16)17/h1-3,14-17H. The molecule has 0 saturated carbocycles. The molecule has 0 bridgehead atoms. The zero-order chi connectivity index (χ0) is 13.3. The largest absolute Gasteiger partial charge is 0.344 e. The van der Waals surface area contributed by atoms with E-state index in [9.17, 15) is 13.6 Å². The van der Waals surface area contributed by atoms with Crippen molar-refractivity contribution in [3.8, 4) is 0 Å². The molecule has 0 fully saturated rings. The van der Waals surface area contributed by atoms with E-state index in [1.807, 2.05) is 0 Å². The lowest BCUT2D eigenvalue weighted by molar-refractivity contribution is -0.290. The molecule has 92 valence electrons. The van der Waals surface area contributed by atoms with Crippen LogP contribution in [-0.4, -0.2) is 26.5 Å². The molecule has 0 aliphatic heterocycles. The van der Waals surface area contributed by atoms with Gasteiger partial charge in [-0.3, -0.25) is 0 Å². The molecule has 0 aliphatic rings. The maximum absolute atomic E-state index is 12.9. The van der Waals surface area contributed by atoms with E-state index in [1.165, 1.54) is 0 Å². The predicted octanol–water partition coefficient (Wildman–Crippen LogP) is -0.217. The van der Waals surface area contributed by atoms with Crippen LogP contribution in [0.4, 0.5) is 14.5 Å². The number of rotatable bonds is 3. The van der Waals surface area contributed by atoms with E-state index in [0.717, 1.165) is 12.1 Å². The summed E-state index contributed by atoms with van der Waals surface area (Å²) < 4.78 is 25.8. The Balaban J connectivity index is 3.48. The molecule has 1 rings (SSSR count). The molecular formula is C9H7F2NO5. The van der Waals surface area contributed by atoms with Crippen molar-refractivity contribution in [1.82, 2.24) is 0 Å². The number of nitrogens with zero attached hydrogens (tertiary/aromatic N) is 1. The predicted molar refractivity (Wildman–Crippen MR) is 48.7 cm³/mol. The maximum atomic E-state index is 12.9. The number of benzene rings is 1. The molecular weight excluding hydrogens is 240 g/mol. The minimum Gasteiger partial charge on any atom is -0.336 e. The lowest BCUT2D eigenvalue weighted by atomic mass is 10.0. The Hall–Kier alpha value is -1.70. The van der Waals surface area contributed by atoms with E-state index >= 15 is 0 Å². The van der Waals surface area contributed by atoms with Crippen molar-refractivity contribution in [3.05, 3.63) is 29.3 Å². The van der Waals surface area contributed by atoms with Gasteiger partial charge in [-0.05, 0) is 18.2 Å². The maximum Gasteiger partial charge on any atom is 0.344 e. The van der Waals surface area contributed by atoms with Crippen LogP contribution in [0.1, 0.15) is 11.1 Å². The highest BCUT2D eigenvalue weighted by atomic mass is 19.2. The van der Waals surface area contributed by atoms with Crippen LogP contribution in [0.3, 0.4) is 0 Å². The molecule has 8 heteroatoms. The fourth-order valence-electron chi connectivity index (χ4n) is 1.20. The summed E-state index contributed by atoms with van der Waals surface area (Å²) in [6.07, 6.45) is 1.09. The van der Waals surface area contributed by atoms with Gasteiger partial charge in [0.25, 0.3) is 0 Å². The van der Waals surface area contributed by atoms with Crippen LogP contribution in [0.25, 0.3) is 0 Å². The van der Waals surface area contributed by atoms with Crippen molar-refractivity contribution in [2.24, 2.45) is 4.99 Å². The molecule has 0 aromatic heterocycles. The van der Waals surface area contributed by atoms with Gasteiger partial charge in [0.2, 0.25) is 6.08 Å². The number of halogens is 2. The molecule has 0 amide bonds. The third-order valence-electron chi connectivity index (χ3n) is 1.86. The minimum atomic E-state index is -4.02. The Morgan fingerprint density at radius 2 is 1.59 bits per heavy atom. The molecule has 4 N–H and O–H groups in total. The highest BCUT2D eigenvalue weighted by molar-refractivity contribution is 5.52. The molecule has 1 aromatic carbocycles. The molecule has 6 nitrogen and oxygen atoms in total. The highest BCUT2D eigenvalue weighted by Gasteiger charge is 2.37. The number of carbonyl (C=O) groups excluding carboxylic acids is 1. The Bertz CT molecular complexity index is 471. The van der Waals surface area contributed by atoms with Crippen LogP contribution in [0.2, 0.25) is 0 Å². The van der Waals surface area contributed by atoms with Gasteiger partial charge in [-0.2, -0.15) is 13.8 Å². The number of hydrogen-bond acceptors (Lipinski definition) is 6. The van der Waals surface area contributed by atoms with E-state index in [0.29, 0.717) is 12.1 Å². The van der Waals surface area contributed by atoms with E-state index in [-0.39, 0.29) is 5.69 Å². The van der Waals surface area contributed by atoms with E-state index < -0.39 is 23.2 Å². The average molecular weight is 247 g/mol. The topological polar surface area (TPSA) is 110 Å².